The Kier molecular flexibility index (Phi) is 6.17. The number of nitrogens with two attached hydrogens (primary N) is 1. The van der Waals surface area contributed by atoms with Gasteiger partial charge < -0.3 is 20.5 Å². The van der Waals surface area contributed by atoms with Crippen molar-refractivity contribution in [1.82, 2.24) is 0 Å². The third-order valence-electron chi connectivity index (χ3n) is 3.72. The Morgan fingerprint density at radius 1 is 1.48 bits per heavy atom. The quantitative estimate of drug-likeness (QED) is 0.840. The maximum absolute atomic E-state index is 12.1. The molecule has 0 spiro atoms. The molecule has 1 heterocycles. The third-order valence-corrected chi connectivity index (χ3v) is 3.72. The third kappa shape index (κ3) is 5.12. The number of amides is 1. The van der Waals surface area contributed by atoms with Gasteiger partial charge in [-0.15, -0.1) is 0 Å². The van der Waals surface area contributed by atoms with E-state index in [4.69, 9.17) is 15.2 Å². The van der Waals surface area contributed by atoms with E-state index in [0.29, 0.717) is 19.1 Å². The predicted molar refractivity (Wildman–Crippen MR) is 81.9 cm³/mol. The second kappa shape index (κ2) is 8.12. The SMILES string of the molecule is CC(OCC1CCOCC1)C(=O)Nc1cccc(CN)c1. The van der Waals surface area contributed by atoms with E-state index in [0.717, 1.165) is 37.3 Å². The summed E-state index contributed by atoms with van der Waals surface area (Å²) in [5.74, 6) is 0.366. The summed E-state index contributed by atoms with van der Waals surface area (Å²) in [4.78, 5) is 12.1. The molecular formula is C16H24N2O3. The molecule has 1 fully saturated rings. The van der Waals surface area contributed by atoms with Crippen LogP contribution < -0.4 is 11.1 Å². The van der Waals surface area contributed by atoms with Gasteiger partial charge in [0.15, 0.2) is 0 Å². The van der Waals surface area contributed by atoms with Crippen LogP contribution in [0.1, 0.15) is 25.3 Å². The zero-order valence-corrected chi connectivity index (χ0v) is 12.5. The minimum atomic E-state index is -0.464. The van der Waals surface area contributed by atoms with E-state index in [9.17, 15) is 4.79 Å². The molecule has 2 rings (SSSR count). The van der Waals surface area contributed by atoms with Gasteiger partial charge in [-0.1, -0.05) is 12.1 Å². The zero-order chi connectivity index (χ0) is 15.1. The number of hydrogen-bond acceptors (Lipinski definition) is 4. The maximum atomic E-state index is 12.1. The Bertz CT molecular complexity index is 459. The lowest BCUT2D eigenvalue weighted by molar-refractivity contribution is -0.127. The van der Waals surface area contributed by atoms with Gasteiger partial charge in [0, 0.05) is 25.4 Å². The zero-order valence-electron chi connectivity index (χ0n) is 12.5. The molecule has 5 heteroatoms. The topological polar surface area (TPSA) is 73.6 Å². The highest BCUT2D eigenvalue weighted by atomic mass is 16.5. The molecule has 116 valence electrons. The lowest BCUT2D eigenvalue weighted by atomic mass is 10.0. The lowest BCUT2D eigenvalue weighted by Gasteiger charge is -2.23. The molecule has 3 N–H and O–H groups in total. The van der Waals surface area contributed by atoms with E-state index < -0.39 is 6.10 Å². The van der Waals surface area contributed by atoms with Gasteiger partial charge in [0.1, 0.15) is 6.10 Å². The molecule has 1 unspecified atom stereocenters. The smallest absolute Gasteiger partial charge is 0.253 e. The Labute approximate surface area is 125 Å². The molecule has 0 radical (unpaired) electrons. The van der Waals surface area contributed by atoms with Gasteiger partial charge in [0.2, 0.25) is 0 Å². The summed E-state index contributed by atoms with van der Waals surface area (Å²) >= 11 is 0. The Morgan fingerprint density at radius 3 is 2.95 bits per heavy atom. The van der Waals surface area contributed by atoms with Crippen molar-refractivity contribution < 1.29 is 14.3 Å². The second-order valence-corrected chi connectivity index (χ2v) is 5.43. The van der Waals surface area contributed by atoms with E-state index in [1.807, 2.05) is 24.3 Å². The maximum Gasteiger partial charge on any atom is 0.253 e. The number of carbonyl (C=O) groups is 1. The molecule has 1 aromatic rings. The van der Waals surface area contributed by atoms with E-state index >= 15 is 0 Å². The van der Waals surface area contributed by atoms with Gasteiger partial charge in [-0.05, 0) is 43.4 Å². The minimum Gasteiger partial charge on any atom is -0.381 e. The van der Waals surface area contributed by atoms with Crippen molar-refractivity contribution in [3.63, 3.8) is 0 Å². The van der Waals surface area contributed by atoms with Crippen molar-refractivity contribution in [1.29, 1.82) is 0 Å². The molecule has 1 aromatic carbocycles. The Balaban J connectivity index is 1.78. The highest BCUT2D eigenvalue weighted by Crippen LogP contribution is 2.16. The number of ether oxygens (including phenoxy) is 2. The summed E-state index contributed by atoms with van der Waals surface area (Å²) in [6.45, 7) is 4.43. The first-order valence-electron chi connectivity index (χ1n) is 7.48. The minimum absolute atomic E-state index is 0.128. The number of carbonyl (C=O) groups excluding carboxylic acids is 1. The number of rotatable bonds is 6. The van der Waals surface area contributed by atoms with Crippen LogP contribution in [-0.4, -0.2) is 31.8 Å². The van der Waals surface area contributed by atoms with Crippen LogP contribution >= 0.6 is 0 Å². The molecule has 5 nitrogen and oxygen atoms in total. The number of hydrogen-bond donors (Lipinski definition) is 2. The average molecular weight is 292 g/mol. The van der Waals surface area contributed by atoms with Gasteiger partial charge in [-0.3, -0.25) is 4.79 Å². The number of anilines is 1. The van der Waals surface area contributed by atoms with Crippen molar-refractivity contribution in [3.8, 4) is 0 Å². The van der Waals surface area contributed by atoms with Crippen molar-refractivity contribution in [3.05, 3.63) is 29.8 Å². The Hall–Kier alpha value is -1.43. The van der Waals surface area contributed by atoms with E-state index in [-0.39, 0.29) is 5.91 Å². The van der Waals surface area contributed by atoms with Gasteiger partial charge >= 0.3 is 0 Å². The molecule has 0 saturated carbocycles. The molecule has 1 saturated heterocycles. The van der Waals surface area contributed by atoms with Crippen molar-refractivity contribution >= 4 is 11.6 Å². The van der Waals surface area contributed by atoms with Gasteiger partial charge in [0.05, 0.1) is 6.61 Å². The molecule has 1 amide bonds. The van der Waals surface area contributed by atoms with E-state index in [1.165, 1.54) is 0 Å². The molecule has 1 atom stereocenters. The normalized spacial score (nSPS) is 17.4. The summed E-state index contributed by atoms with van der Waals surface area (Å²) in [5.41, 5.74) is 7.34. The van der Waals surface area contributed by atoms with Crippen LogP contribution in [0.2, 0.25) is 0 Å². The average Bonchev–Trinajstić information content (AvgIpc) is 2.53. The van der Waals surface area contributed by atoms with Crippen LogP contribution in [-0.2, 0) is 20.8 Å². The van der Waals surface area contributed by atoms with E-state index in [1.54, 1.807) is 6.92 Å². The first kappa shape index (κ1) is 15.9. The molecule has 1 aliphatic heterocycles. The van der Waals surface area contributed by atoms with Gasteiger partial charge in [0.25, 0.3) is 5.91 Å². The highest BCUT2D eigenvalue weighted by molar-refractivity contribution is 5.93. The first-order valence-corrected chi connectivity index (χ1v) is 7.48. The predicted octanol–water partition coefficient (Wildman–Crippen LogP) is 1.92. The second-order valence-electron chi connectivity index (χ2n) is 5.43. The monoisotopic (exact) mass is 292 g/mol. The fraction of sp³-hybridized carbons (Fsp3) is 0.562. The standard InChI is InChI=1S/C16H24N2O3/c1-12(21-11-13-5-7-20-8-6-13)16(19)18-15-4-2-3-14(9-15)10-17/h2-4,9,12-13H,5-8,10-11,17H2,1H3,(H,18,19). The van der Waals surface area contributed by atoms with Gasteiger partial charge in [-0.25, -0.2) is 0 Å². The van der Waals surface area contributed by atoms with Crippen LogP contribution in [0.15, 0.2) is 24.3 Å². The van der Waals surface area contributed by atoms with Crippen LogP contribution in [0, 0.1) is 5.92 Å². The van der Waals surface area contributed by atoms with E-state index in [2.05, 4.69) is 5.32 Å². The summed E-state index contributed by atoms with van der Waals surface area (Å²) in [6, 6.07) is 7.54. The van der Waals surface area contributed by atoms with Crippen molar-refractivity contribution in [2.45, 2.75) is 32.4 Å². The summed E-state index contributed by atoms with van der Waals surface area (Å²) in [6.07, 6.45) is 1.55. The van der Waals surface area contributed by atoms with Gasteiger partial charge in [-0.2, -0.15) is 0 Å². The molecular weight excluding hydrogens is 268 g/mol. The highest BCUT2D eigenvalue weighted by Gasteiger charge is 2.18. The Morgan fingerprint density at radius 2 is 2.24 bits per heavy atom. The van der Waals surface area contributed by atoms with Crippen LogP contribution in [0.4, 0.5) is 5.69 Å². The summed E-state index contributed by atoms with van der Waals surface area (Å²) < 4.78 is 11.0. The van der Waals surface area contributed by atoms with Crippen LogP contribution in [0.5, 0.6) is 0 Å². The van der Waals surface area contributed by atoms with Crippen molar-refractivity contribution in [2.75, 3.05) is 25.1 Å². The van der Waals surface area contributed by atoms with Crippen LogP contribution in [0.3, 0.4) is 0 Å². The number of benzene rings is 1. The van der Waals surface area contributed by atoms with Crippen LogP contribution in [0.25, 0.3) is 0 Å². The fourth-order valence-electron chi connectivity index (χ4n) is 2.29. The van der Waals surface area contributed by atoms with Crippen molar-refractivity contribution in [2.24, 2.45) is 11.7 Å². The largest absolute Gasteiger partial charge is 0.381 e. The molecule has 1 aliphatic rings. The summed E-state index contributed by atoms with van der Waals surface area (Å²) in [5, 5.41) is 2.86. The first-order chi connectivity index (χ1) is 10.2. The molecule has 21 heavy (non-hydrogen) atoms. The number of nitrogens with one attached hydrogen (secondary N) is 1. The summed E-state index contributed by atoms with van der Waals surface area (Å²) in [7, 11) is 0. The molecule has 0 aromatic heterocycles. The lowest BCUT2D eigenvalue weighted by Crippen LogP contribution is -2.30. The molecule has 0 aliphatic carbocycles. The fourth-order valence-corrected chi connectivity index (χ4v) is 2.29. The molecule has 0 bridgehead atoms.